The van der Waals surface area contributed by atoms with Gasteiger partial charge in [-0.05, 0) is 25.5 Å². The average Bonchev–Trinajstić information content (AvgIpc) is 2.35. The molecular formula is C12H19N3O2. The summed E-state index contributed by atoms with van der Waals surface area (Å²) in [4.78, 5) is 16.9. The predicted molar refractivity (Wildman–Crippen MR) is 66.6 cm³/mol. The van der Waals surface area contributed by atoms with Gasteiger partial charge < -0.3 is 15.7 Å². The summed E-state index contributed by atoms with van der Waals surface area (Å²) in [5, 5.41) is 9.61. The van der Waals surface area contributed by atoms with Crippen LogP contribution in [0.4, 0.5) is 5.69 Å². The number of carbonyl (C=O) groups excluding carboxylic acids is 1. The van der Waals surface area contributed by atoms with Gasteiger partial charge in [-0.3, -0.25) is 9.78 Å². The van der Waals surface area contributed by atoms with E-state index in [2.05, 4.69) is 4.98 Å². The Kier molecular flexibility index (Phi) is 4.90. The minimum Gasteiger partial charge on any atom is -0.387 e. The number of aromatic nitrogens is 1. The monoisotopic (exact) mass is 237 g/mol. The van der Waals surface area contributed by atoms with Crippen LogP contribution in [0, 0.1) is 0 Å². The number of nitrogens with zero attached hydrogens (tertiary/aromatic N) is 2. The molecule has 0 aliphatic rings. The van der Waals surface area contributed by atoms with Gasteiger partial charge in [-0.1, -0.05) is 6.92 Å². The van der Waals surface area contributed by atoms with Crippen LogP contribution in [0.1, 0.15) is 32.1 Å². The number of aliphatic hydroxyl groups is 1. The Balaban J connectivity index is 2.81. The molecular weight excluding hydrogens is 218 g/mol. The second kappa shape index (κ2) is 6.20. The Hall–Kier alpha value is -1.62. The van der Waals surface area contributed by atoms with E-state index < -0.39 is 6.10 Å². The first kappa shape index (κ1) is 13.4. The molecule has 1 aromatic heterocycles. The number of hydrogen-bond acceptors (Lipinski definition) is 4. The van der Waals surface area contributed by atoms with Crippen LogP contribution in [-0.4, -0.2) is 29.1 Å². The summed E-state index contributed by atoms with van der Waals surface area (Å²) in [7, 11) is 0. The van der Waals surface area contributed by atoms with Crippen molar-refractivity contribution >= 4 is 11.6 Å². The van der Waals surface area contributed by atoms with E-state index in [1.54, 1.807) is 12.3 Å². The Morgan fingerprint density at radius 2 is 2.24 bits per heavy atom. The van der Waals surface area contributed by atoms with Crippen molar-refractivity contribution in [1.82, 2.24) is 4.98 Å². The van der Waals surface area contributed by atoms with Crippen LogP contribution in [0.15, 0.2) is 18.3 Å². The van der Waals surface area contributed by atoms with Gasteiger partial charge in [0.1, 0.15) is 0 Å². The van der Waals surface area contributed by atoms with E-state index >= 15 is 0 Å². The minimum atomic E-state index is -0.532. The smallest absolute Gasteiger partial charge is 0.236 e. The van der Waals surface area contributed by atoms with E-state index in [1.165, 1.54) is 0 Å². The molecule has 0 radical (unpaired) electrons. The van der Waals surface area contributed by atoms with E-state index in [-0.39, 0.29) is 12.5 Å². The van der Waals surface area contributed by atoms with Crippen LogP contribution < -0.4 is 10.6 Å². The molecule has 0 saturated carbocycles. The zero-order valence-electron chi connectivity index (χ0n) is 10.3. The van der Waals surface area contributed by atoms with Gasteiger partial charge in [0.15, 0.2) is 0 Å². The van der Waals surface area contributed by atoms with E-state index in [1.807, 2.05) is 24.8 Å². The van der Waals surface area contributed by atoms with Gasteiger partial charge in [-0.15, -0.1) is 0 Å². The van der Waals surface area contributed by atoms with Gasteiger partial charge in [0.05, 0.1) is 30.2 Å². The predicted octanol–water partition coefficient (Wildman–Crippen LogP) is 0.837. The number of rotatable bonds is 6. The average molecular weight is 237 g/mol. The number of primary amides is 1. The van der Waals surface area contributed by atoms with Crippen molar-refractivity contribution in [3.63, 3.8) is 0 Å². The Morgan fingerprint density at radius 3 is 2.65 bits per heavy atom. The first-order valence-electron chi connectivity index (χ1n) is 5.75. The molecule has 0 bridgehead atoms. The maximum absolute atomic E-state index is 10.9. The summed E-state index contributed by atoms with van der Waals surface area (Å²) in [6, 6.07) is 3.61. The second-order valence-corrected chi connectivity index (χ2v) is 3.85. The molecule has 94 valence electrons. The van der Waals surface area contributed by atoms with E-state index in [9.17, 15) is 9.90 Å². The molecule has 1 aromatic rings. The summed E-state index contributed by atoms with van der Waals surface area (Å²) < 4.78 is 0. The first-order chi connectivity index (χ1) is 8.08. The van der Waals surface area contributed by atoms with Crippen molar-refractivity contribution in [3.8, 4) is 0 Å². The van der Waals surface area contributed by atoms with Crippen molar-refractivity contribution in [2.75, 3.05) is 18.0 Å². The van der Waals surface area contributed by atoms with Crippen molar-refractivity contribution in [3.05, 3.63) is 24.0 Å². The van der Waals surface area contributed by atoms with Crippen molar-refractivity contribution in [1.29, 1.82) is 0 Å². The molecule has 1 unspecified atom stereocenters. The van der Waals surface area contributed by atoms with Gasteiger partial charge >= 0.3 is 0 Å². The van der Waals surface area contributed by atoms with Gasteiger partial charge in [-0.2, -0.15) is 0 Å². The number of likely N-dealkylation sites (N-methyl/N-ethyl adjacent to an activating group) is 1. The van der Waals surface area contributed by atoms with Crippen LogP contribution in [0.25, 0.3) is 0 Å². The maximum atomic E-state index is 10.9. The molecule has 0 saturated heterocycles. The topological polar surface area (TPSA) is 79.5 Å². The van der Waals surface area contributed by atoms with Crippen molar-refractivity contribution in [2.24, 2.45) is 5.73 Å². The van der Waals surface area contributed by atoms with Crippen molar-refractivity contribution < 1.29 is 9.90 Å². The number of aliphatic hydroxyl groups excluding tert-OH is 1. The molecule has 0 aromatic carbocycles. The molecule has 0 spiro atoms. The summed E-state index contributed by atoms with van der Waals surface area (Å²) in [6.45, 7) is 4.69. The first-order valence-corrected chi connectivity index (χ1v) is 5.75. The number of nitrogens with two attached hydrogens (primary N) is 1. The summed E-state index contributed by atoms with van der Waals surface area (Å²) in [5.41, 5.74) is 6.64. The standard InChI is InChI=1S/C12H19N3O2/c1-3-11(16)10-6-5-9(7-14-10)15(4-2)8-12(13)17/h5-7,11,16H,3-4,8H2,1-2H3,(H2,13,17). The highest BCUT2D eigenvalue weighted by molar-refractivity contribution is 5.79. The number of amides is 1. The second-order valence-electron chi connectivity index (χ2n) is 3.85. The summed E-state index contributed by atoms with van der Waals surface area (Å²) >= 11 is 0. The molecule has 0 fully saturated rings. The highest BCUT2D eigenvalue weighted by atomic mass is 16.3. The molecule has 1 amide bonds. The van der Waals surface area contributed by atoms with Crippen LogP contribution in [0.5, 0.6) is 0 Å². The Morgan fingerprint density at radius 1 is 1.53 bits per heavy atom. The lowest BCUT2D eigenvalue weighted by molar-refractivity contribution is -0.116. The highest BCUT2D eigenvalue weighted by Crippen LogP contribution is 2.17. The summed E-state index contributed by atoms with van der Waals surface area (Å²) in [6.07, 6.45) is 1.75. The molecule has 0 aliphatic carbocycles. The zero-order chi connectivity index (χ0) is 12.8. The number of pyridine rings is 1. The molecule has 5 heteroatoms. The third-order valence-corrected chi connectivity index (χ3v) is 2.59. The fraction of sp³-hybridized carbons (Fsp3) is 0.500. The Bertz CT molecular complexity index is 365. The number of hydrogen-bond donors (Lipinski definition) is 2. The quantitative estimate of drug-likeness (QED) is 0.768. The molecule has 1 atom stereocenters. The molecule has 1 heterocycles. The van der Waals surface area contributed by atoms with Gasteiger partial charge in [0.25, 0.3) is 0 Å². The normalized spacial score (nSPS) is 12.2. The van der Waals surface area contributed by atoms with Crippen LogP contribution in [0.3, 0.4) is 0 Å². The Labute approximate surface area is 101 Å². The lowest BCUT2D eigenvalue weighted by Gasteiger charge is -2.21. The van der Waals surface area contributed by atoms with Gasteiger partial charge in [0, 0.05) is 6.54 Å². The minimum absolute atomic E-state index is 0.174. The lowest BCUT2D eigenvalue weighted by Crippen LogP contribution is -2.33. The number of anilines is 1. The van der Waals surface area contributed by atoms with Gasteiger partial charge in [-0.25, -0.2) is 0 Å². The van der Waals surface area contributed by atoms with E-state index in [4.69, 9.17) is 5.73 Å². The van der Waals surface area contributed by atoms with Crippen LogP contribution in [-0.2, 0) is 4.79 Å². The third-order valence-electron chi connectivity index (χ3n) is 2.59. The van der Waals surface area contributed by atoms with E-state index in [0.29, 0.717) is 18.7 Å². The maximum Gasteiger partial charge on any atom is 0.236 e. The van der Waals surface area contributed by atoms with Crippen molar-refractivity contribution in [2.45, 2.75) is 26.4 Å². The molecule has 5 nitrogen and oxygen atoms in total. The molecule has 3 N–H and O–H groups in total. The lowest BCUT2D eigenvalue weighted by atomic mass is 10.2. The van der Waals surface area contributed by atoms with Crippen LogP contribution in [0.2, 0.25) is 0 Å². The van der Waals surface area contributed by atoms with E-state index in [0.717, 1.165) is 5.69 Å². The number of carbonyl (C=O) groups is 1. The third kappa shape index (κ3) is 3.71. The largest absolute Gasteiger partial charge is 0.387 e. The van der Waals surface area contributed by atoms with Gasteiger partial charge in [0.2, 0.25) is 5.91 Å². The molecule has 17 heavy (non-hydrogen) atoms. The summed E-state index contributed by atoms with van der Waals surface area (Å²) in [5.74, 6) is -0.371. The zero-order valence-corrected chi connectivity index (χ0v) is 10.3. The SMILES string of the molecule is CCC(O)c1ccc(N(CC)CC(N)=O)cn1. The fourth-order valence-corrected chi connectivity index (χ4v) is 1.56. The fourth-order valence-electron chi connectivity index (χ4n) is 1.56. The van der Waals surface area contributed by atoms with Crippen LogP contribution >= 0.6 is 0 Å². The molecule has 1 rings (SSSR count). The molecule has 0 aliphatic heterocycles. The highest BCUT2D eigenvalue weighted by Gasteiger charge is 2.10.